The highest BCUT2D eigenvalue weighted by Gasteiger charge is 2.06. The molecule has 0 heterocycles. The minimum atomic E-state index is -4.32. The summed E-state index contributed by atoms with van der Waals surface area (Å²) in [4.78, 5) is 8.08. The van der Waals surface area contributed by atoms with Gasteiger partial charge in [-0.1, -0.05) is 0 Å². The Morgan fingerprint density at radius 1 is 1.62 bits per heavy atom. The lowest BCUT2D eigenvalue weighted by Gasteiger charge is -1.99. The summed E-state index contributed by atoms with van der Waals surface area (Å²) < 4.78 is 28.5. The second-order valence-corrected chi connectivity index (χ2v) is 3.28. The van der Waals surface area contributed by atoms with E-state index in [0.717, 1.165) is 0 Å². The van der Waals surface area contributed by atoms with Crippen molar-refractivity contribution >= 4 is 18.8 Å². The first-order valence-electron chi connectivity index (χ1n) is 1.40. The average molecular weight is 160 g/mol. The van der Waals surface area contributed by atoms with Gasteiger partial charge in [0.15, 0.2) is 8.45 Å². The molecule has 0 saturated heterocycles. The smallest absolute Gasteiger partial charge is 0.339 e. The van der Waals surface area contributed by atoms with Gasteiger partial charge in [-0.25, -0.2) is 0 Å². The highest BCUT2D eigenvalue weighted by molar-refractivity contribution is 7.89. The van der Waals surface area contributed by atoms with Crippen molar-refractivity contribution in [1.29, 1.82) is 0 Å². The Hall–Kier alpha value is 0.220. The van der Waals surface area contributed by atoms with Crippen molar-refractivity contribution in [3.8, 4) is 0 Å². The van der Waals surface area contributed by atoms with E-state index in [-0.39, 0.29) is 0 Å². The fourth-order valence-corrected chi connectivity index (χ4v) is 1.06. The highest BCUT2D eigenvalue weighted by Crippen LogP contribution is 2.10. The molecule has 1 unspecified atom stereocenters. The standard InChI is InChI=1S/H5N2O4PS/c1-7(3)2-8(4,5)6/h2-3H,1H2,(H,4,5,6). The zero-order chi connectivity index (χ0) is 6.78. The summed E-state index contributed by atoms with van der Waals surface area (Å²) in [6, 6.07) is 0. The van der Waals surface area contributed by atoms with Crippen molar-refractivity contribution in [2.75, 3.05) is 0 Å². The molecule has 0 aromatic rings. The topological polar surface area (TPSA) is 113 Å². The zero-order valence-corrected chi connectivity index (χ0v) is 5.35. The molecule has 0 aliphatic carbocycles. The van der Waals surface area contributed by atoms with E-state index in [4.69, 9.17) is 9.45 Å². The minimum Gasteiger partial charge on any atom is -0.347 e. The maximum atomic E-state index is 9.66. The van der Waals surface area contributed by atoms with Gasteiger partial charge in [-0.05, 0) is 0 Å². The SMILES string of the molecule is NP(O)NS(=O)(=O)O. The van der Waals surface area contributed by atoms with E-state index in [1.807, 2.05) is 0 Å². The summed E-state index contributed by atoms with van der Waals surface area (Å²) in [6.45, 7) is 0. The molecular weight excluding hydrogens is 155 g/mol. The van der Waals surface area contributed by atoms with Gasteiger partial charge in [-0.2, -0.15) is 8.42 Å². The van der Waals surface area contributed by atoms with Gasteiger partial charge in [-0.15, -0.1) is 4.49 Å². The summed E-state index contributed by atoms with van der Waals surface area (Å²) in [5.74, 6) is 0. The monoisotopic (exact) mass is 160 g/mol. The fourth-order valence-electron chi connectivity index (χ4n) is 0.118. The van der Waals surface area contributed by atoms with Crippen LogP contribution in [0.15, 0.2) is 0 Å². The molecule has 6 nitrogen and oxygen atoms in total. The van der Waals surface area contributed by atoms with Gasteiger partial charge in [0.2, 0.25) is 0 Å². The molecule has 0 aromatic heterocycles. The lowest BCUT2D eigenvalue weighted by atomic mass is 13.9. The average Bonchev–Trinajstić information content (AvgIpc) is 1.21. The maximum Gasteiger partial charge on any atom is 0.339 e. The van der Waals surface area contributed by atoms with Crippen LogP contribution in [0.3, 0.4) is 0 Å². The second kappa shape index (κ2) is 2.67. The van der Waals surface area contributed by atoms with Crippen LogP contribution in [0.2, 0.25) is 0 Å². The second-order valence-electron chi connectivity index (χ2n) is 0.911. The van der Waals surface area contributed by atoms with Crippen LogP contribution in [0.25, 0.3) is 0 Å². The molecule has 0 bridgehead atoms. The van der Waals surface area contributed by atoms with Crippen molar-refractivity contribution in [1.82, 2.24) is 4.49 Å². The molecule has 8 heavy (non-hydrogen) atoms. The molecule has 5 N–H and O–H groups in total. The van der Waals surface area contributed by atoms with Crippen LogP contribution in [-0.2, 0) is 10.3 Å². The Morgan fingerprint density at radius 2 is 2.00 bits per heavy atom. The third-order valence-corrected chi connectivity index (χ3v) is 1.88. The molecule has 0 radical (unpaired) electrons. The summed E-state index contributed by atoms with van der Waals surface area (Å²) in [5.41, 5.74) is 4.55. The lowest BCUT2D eigenvalue weighted by molar-refractivity contribution is 0.477. The predicted octanol–water partition coefficient (Wildman–Crippen LogP) is -1.44. The van der Waals surface area contributed by atoms with Gasteiger partial charge in [0.1, 0.15) is 0 Å². The largest absolute Gasteiger partial charge is 0.347 e. The maximum absolute atomic E-state index is 9.66. The first-order chi connectivity index (χ1) is 3.42. The summed E-state index contributed by atoms with van der Waals surface area (Å²) >= 11 is 0. The van der Waals surface area contributed by atoms with Crippen LogP contribution in [0.5, 0.6) is 0 Å². The van der Waals surface area contributed by atoms with Gasteiger partial charge in [0.05, 0.1) is 0 Å². The highest BCUT2D eigenvalue weighted by atomic mass is 32.2. The van der Waals surface area contributed by atoms with Crippen LogP contribution in [0.4, 0.5) is 0 Å². The van der Waals surface area contributed by atoms with E-state index in [1.54, 1.807) is 0 Å². The van der Waals surface area contributed by atoms with E-state index in [2.05, 4.69) is 5.50 Å². The van der Waals surface area contributed by atoms with Crippen molar-refractivity contribution < 1.29 is 17.9 Å². The predicted molar refractivity (Wildman–Crippen MR) is 28.0 cm³/mol. The quantitative estimate of drug-likeness (QED) is 0.292. The third-order valence-electron chi connectivity index (χ3n) is 0.209. The molecule has 0 aliphatic heterocycles. The zero-order valence-electron chi connectivity index (χ0n) is 3.64. The van der Waals surface area contributed by atoms with Crippen molar-refractivity contribution in [3.05, 3.63) is 0 Å². The Morgan fingerprint density at radius 3 is 2.00 bits per heavy atom. The van der Waals surface area contributed by atoms with Gasteiger partial charge in [0.25, 0.3) is 0 Å². The van der Waals surface area contributed by atoms with Crippen molar-refractivity contribution in [3.63, 3.8) is 0 Å². The van der Waals surface area contributed by atoms with Gasteiger partial charge < -0.3 is 4.89 Å². The van der Waals surface area contributed by atoms with Crippen LogP contribution in [0, 0.1) is 0 Å². The summed E-state index contributed by atoms with van der Waals surface area (Å²) in [7, 11) is -6.60. The molecule has 1 atom stereocenters. The number of nitrogens with two attached hydrogens (primary N) is 1. The van der Waals surface area contributed by atoms with E-state index < -0.39 is 18.8 Å². The molecule has 50 valence electrons. The van der Waals surface area contributed by atoms with E-state index in [1.165, 1.54) is 4.49 Å². The van der Waals surface area contributed by atoms with Crippen molar-refractivity contribution in [2.45, 2.75) is 0 Å². The molecule has 0 aromatic carbocycles. The lowest BCUT2D eigenvalue weighted by Crippen LogP contribution is -2.19. The van der Waals surface area contributed by atoms with Crippen LogP contribution < -0.4 is 10.00 Å². The number of hydrogen-bond donors (Lipinski definition) is 4. The first kappa shape index (κ1) is 8.22. The Bertz CT molecular complexity index is 147. The molecule has 0 rings (SSSR count). The van der Waals surface area contributed by atoms with Gasteiger partial charge in [-0.3, -0.25) is 10.1 Å². The molecule has 0 spiro atoms. The first-order valence-corrected chi connectivity index (χ1v) is 4.21. The number of rotatable bonds is 2. The fraction of sp³-hybridized carbons (Fsp3) is 0. The normalized spacial score (nSPS) is 15.9. The van der Waals surface area contributed by atoms with E-state index in [9.17, 15) is 8.42 Å². The Kier molecular flexibility index (Phi) is 2.75. The Balaban J connectivity index is 3.75. The molecule has 0 aliphatic rings. The molecular formula is H5N2O4PS. The summed E-state index contributed by atoms with van der Waals surface area (Å²) in [6.07, 6.45) is 0. The molecule has 8 heteroatoms. The molecule has 0 saturated carbocycles. The van der Waals surface area contributed by atoms with Gasteiger partial charge >= 0.3 is 10.3 Å². The number of nitrogens with one attached hydrogen (secondary N) is 1. The van der Waals surface area contributed by atoms with Crippen LogP contribution >= 0.6 is 8.45 Å². The van der Waals surface area contributed by atoms with E-state index in [0.29, 0.717) is 0 Å². The van der Waals surface area contributed by atoms with Gasteiger partial charge in [0, 0.05) is 0 Å². The Labute approximate surface area is 47.5 Å². The summed E-state index contributed by atoms with van der Waals surface area (Å²) in [5, 5.41) is 0. The van der Waals surface area contributed by atoms with Crippen LogP contribution in [-0.4, -0.2) is 17.9 Å². The molecule has 0 fully saturated rings. The van der Waals surface area contributed by atoms with Crippen LogP contribution in [0.1, 0.15) is 0 Å². The van der Waals surface area contributed by atoms with E-state index >= 15 is 0 Å². The number of hydrogen-bond acceptors (Lipinski definition) is 4. The van der Waals surface area contributed by atoms with Crippen molar-refractivity contribution in [2.24, 2.45) is 5.50 Å². The molecule has 0 amide bonds. The minimum absolute atomic E-state index is 1.31. The third kappa shape index (κ3) is 6.22.